The second-order valence-electron chi connectivity index (χ2n) is 12.5. The number of hydrogen-bond acceptors (Lipinski definition) is 0. The molecule has 0 saturated heterocycles. The van der Waals surface area contributed by atoms with E-state index in [-0.39, 0.29) is 0 Å². The summed E-state index contributed by atoms with van der Waals surface area (Å²) in [5, 5.41) is 0. The van der Waals surface area contributed by atoms with E-state index in [1.807, 2.05) is 0 Å². The summed E-state index contributed by atoms with van der Waals surface area (Å²) in [5.74, 6) is 0. The van der Waals surface area contributed by atoms with Gasteiger partial charge in [-0.05, 0) is 101 Å². The zero-order valence-corrected chi connectivity index (χ0v) is 28.4. The molecule has 230 valence electrons. The van der Waals surface area contributed by atoms with Gasteiger partial charge >= 0.3 is 0 Å². The van der Waals surface area contributed by atoms with E-state index in [2.05, 4.69) is 204 Å². The molecule has 49 heavy (non-hydrogen) atoms. The Labute approximate surface area is 296 Å². The lowest BCUT2D eigenvalue weighted by Gasteiger charge is -2.23. The van der Waals surface area contributed by atoms with Crippen molar-refractivity contribution < 1.29 is 0 Å². The fourth-order valence-electron chi connectivity index (χ4n) is 7.64. The lowest BCUT2D eigenvalue weighted by atomic mass is 9.81. The zero-order chi connectivity index (χ0) is 32.7. The highest BCUT2D eigenvalue weighted by atomic mass is 79.9. The highest BCUT2D eigenvalue weighted by Gasteiger charge is 2.22. The monoisotopic (exact) mass is 686 g/mol. The molecule has 10 rings (SSSR count). The molecule has 8 aromatic rings. The van der Waals surface area contributed by atoms with Crippen molar-refractivity contribution >= 4 is 15.9 Å². The van der Waals surface area contributed by atoms with Gasteiger partial charge in [-0.15, -0.1) is 0 Å². The molecule has 8 aromatic carbocycles. The fourth-order valence-corrected chi connectivity index (χ4v) is 8.01. The van der Waals surface area contributed by atoms with Crippen LogP contribution in [0.1, 0.15) is 0 Å². The molecule has 0 atom stereocenters. The maximum Gasteiger partial charge on any atom is 0.0181 e. The van der Waals surface area contributed by atoms with Crippen LogP contribution in [-0.2, 0) is 0 Å². The molecule has 2 aliphatic rings. The molecule has 1 heteroatoms. The third-order valence-corrected chi connectivity index (χ3v) is 10.3. The molecule has 0 N–H and O–H groups in total. The van der Waals surface area contributed by atoms with E-state index in [1.54, 1.807) is 0 Å². The Morgan fingerprint density at radius 1 is 0.184 bits per heavy atom. The summed E-state index contributed by atoms with van der Waals surface area (Å²) in [5.41, 5.74) is 20.7. The third kappa shape index (κ3) is 5.06. The molecule has 0 heterocycles. The SMILES string of the molecule is Brc1ccc2c(c1)-c1ccccc1-c1ccccc1-c1ccccc1-2.c1ccc2c(c1)-c1ccccc1-c1ccccc1-c1ccccc1-2. The van der Waals surface area contributed by atoms with Crippen molar-refractivity contribution in [3.05, 3.63) is 193 Å². The van der Waals surface area contributed by atoms with Crippen molar-refractivity contribution in [3.8, 4) is 89.0 Å². The molecular weight excluding hydrogens is 656 g/mol. The van der Waals surface area contributed by atoms with Crippen molar-refractivity contribution in [2.75, 3.05) is 0 Å². The number of rotatable bonds is 0. The average Bonchev–Trinajstić information content (AvgIpc) is 3.17. The third-order valence-electron chi connectivity index (χ3n) is 9.79. The van der Waals surface area contributed by atoms with Crippen LogP contribution in [0, 0.1) is 0 Å². The molecule has 0 aromatic heterocycles. The lowest BCUT2D eigenvalue weighted by molar-refractivity contribution is 1.51. The summed E-state index contributed by atoms with van der Waals surface area (Å²) in [7, 11) is 0. The van der Waals surface area contributed by atoms with Gasteiger partial charge in [0, 0.05) is 4.47 Å². The first kappa shape index (κ1) is 29.4. The van der Waals surface area contributed by atoms with Gasteiger partial charge in [0.1, 0.15) is 0 Å². The van der Waals surface area contributed by atoms with Crippen LogP contribution in [0.25, 0.3) is 89.0 Å². The van der Waals surface area contributed by atoms with Crippen LogP contribution >= 0.6 is 15.9 Å². The Morgan fingerprint density at radius 2 is 0.347 bits per heavy atom. The highest BCUT2D eigenvalue weighted by molar-refractivity contribution is 9.10. The molecule has 0 unspecified atom stereocenters. The van der Waals surface area contributed by atoms with E-state index in [0.717, 1.165) is 4.47 Å². The van der Waals surface area contributed by atoms with Gasteiger partial charge in [0.2, 0.25) is 0 Å². The van der Waals surface area contributed by atoms with Crippen molar-refractivity contribution in [2.24, 2.45) is 0 Å². The summed E-state index contributed by atoms with van der Waals surface area (Å²) < 4.78 is 1.10. The summed E-state index contributed by atoms with van der Waals surface area (Å²) in [6.45, 7) is 0. The summed E-state index contributed by atoms with van der Waals surface area (Å²) in [6, 6.07) is 67.6. The van der Waals surface area contributed by atoms with E-state index in [0.29, 0.717) is 0 Å². The summed E-state index contributed by atoms with van der Waals surface area (Å²) in [6.07, 6.45) is 0. The van der Waals surface area contributed by atoms with Crippen molar-refractivity contribution in [3.63, 3.8) is 0 Å². The largest absolute Gasteiger partial charge is 0.0616 e. The van der Waals surface area contributed by atoms with Crippen molar-refractivity contribution in [2.45, 2.75) is 0 Å². The average molecular weight is 688 g/mol. The molecule has 0 fully saturated rings. The summed E-state index contributed by atoms with van der Waals surface area (Å²) >= 11 is 3.66. The topological polar surface area (TPSA) is 0 Å². The van der Waals surface area contributed by atoms with Gasteiger partial charge in [-0.3, -0.25) is 0 Å². The normalized spacial score (nSPS) is 11.4. The van der Waals surface area contributed by atoms with E-state index in [1.165, 1.54) is 89.0 Å². The van der Waals surface area contributed by atoms with E-state index >= 15 is 0 Å². The van der Waals surface area contributed by atoms with Gasteiger partial charge in [0.15, 0.2) is 0 Å². The molecular formula is C48H31Br. The predicted octanol–water partition coefficient (Wildman–Crippen LogP) is 14.1. The number of halogens is 1. The van der Waals surface area contributed by atoms with E-state index < -0.39 is 0 Å². The van der Waals surface area contributed by atoms with E-state index in [9.17, 15) is 0 Å². The van der Waals surface area contributed by atoms with Crippen LogP contribution in [0.2, 0.25) is 0 Å². The second kappa shape index (κ2) is 12.4. The van der Waals surface area contributed by atoms with Crippen LogP contribution in [0.15, 0.2) is 193 Å². The van der Waals surface area contributed by atoms with Crippen LogP contribution in [0.3, 0.4) is 0 Å². The molecule has 2 aliphatic carbocycles. The van der Waals surface area contributed by atoms with Crippen molar-refractivity contribution in [1.29, 1.82) is 0 Å². The summed E-state index contributed by atoms with van der Waals surface area (Å²) in [4.78, 5) is 0. The molecule has 0 radical (unpaired) electrons. The van der Waals surface area contributed by atoms with Gasteiger partial charge in [-0.2, -0.15) is 0 Å². The Balaban J connectivity index is 0.000000133. The van der Waals surface area contributed by atoms with Gasteiger partial charge in [-0.1, -0.05) is 192 Å². The van der Waals surface area contributed by atoms with Crippen molar-refractivity contribution in [1.82, 2.24) is 0 Å². The fraction of sp³-hybridized carbons (Fsp3) is 0. The number of fused-ring (bicyclic) bond motifs is 16. The first-order valence-corrected chi connectivity index (χ1v) is 17.5. The van der Waals surface area contributed by atoms with Crippen LogP contribution in [-0.4, -0.2) is 0 Å². The molecule has 0 bridgehead atoms. The standard InChI is InChI=1S/C24H15Br.C24H16/c25-16-13-14-23-21-11-4-3-9-19(21)17-7-1-2-8-18(17)20-10-5-6-12-22(20)24(23)15-16;1-2-10-18-17(9-1)19-11-3-4-13-21(19)23-15-7-8-16-24(23)22-14-6-5-12-20(18)22/h1-15H;1-16H. The predicted molar refractivity (Wildman–Crippen MR) is 211 cm³/mol. The quantitative estimate of drug-likeness (QED) is 0.149. The Bertz CT molecular complexity index is 2230. The van der Waals surface area contributed by atoms with Crippen LogP contribution in [0.5, 0.6) is 0 Å². The van der Waals surface area contributed by atoms with Gasteiger partial charge in [0.05, 0.1) is 0 Å². The maximum atomic E-state index is 3.66. The number of hydrogen-bond donors (Lipinski definition) is 0. The van der Waals surface area contributed by atoms with Gasteiger partial charge in [-0.25, -0.2) is 0 Å². The van der Waals surface area contributed by atoms with Crippen LogP contribution in [0.4, 0.5) is 0 Å². The highest BCUT2D eigenvalue weighted by Crippen LogP contribution is 2.49. The second-order valence-corrected chi connectivity index (χ2v) is 13.4. The van der Waals surface area contributed by atoms with Gasteiger partial charge in [0.25, 0.3) is 0 Å². The smallest absolute Gasteiger partial charge is 0.0181 e. The molecule has 0 spiro atoms. The zero-order valence-electron chi connectivity index (χ0n) is 26.8. The Kier molecular flexibility index (Phi) is 7.41. The van der Waals surface area contributed by atoms with Crippen LogP contribution < -0.4 is 0 Å². The molecule has 0 aliphatic heterocycles. The Morgan fingerprint density at radius 3 is 0.551 bits per heavy atom. The first-order valence-electron chi connectivity index (χ1n) is 16.7. The lowest BCUT2D eigenvalue weighted by Crippen LogP contribution is -1.96. The maximum absolute atomic E-state index is 3.66. The Hall–Kier alpha value is -5.76. The van der Waals surface area contributed by atoms with Gasteiger partial charge < -0.3 is 0 Å². The molecule has 0 saturated carbocycles. The molecule has 0 nitrogen and oxygen atoms in total. The minimum atomic E-state index is 1.10. The minimum absolute atomic E-state index is 1.10. The first-order chi connectivity index (χ1) is 24.3. The minimum Gasteiger partial charge on any atom is -0.0616 e. The van der Waals surface area contributed by atoms with E-state index in [4.69, 9.17) is 0 Å². The molecule has 0 amide bonds. The number of benzene rings is 8.